The Kier molecular flexibility index (Phi) is 4.17. The number of anilines is 2. The monoisotopic (exact) mass is 380 g/mol. The number of aryl methyl sites for hydroxylation is 1. The van der Waals surface area contributed by atoms with Crippen molar-refractivity contribution in [3.05, 3.63) is 75.8 Å². The van der Waals surface area contributed by atoms with E-state index in [9.17, 15) is 10.1 Å². The van der Waals surface area contributed by atoms with E-state index in [1.165, 1.54) is 12.7 Å². The molecule has 4 rings (SSSR count). The van der Waals surface area contributed by atoms with Crippen molar-refractivity contribution in [1.82, 2.24) is 19.5 Å². The number of para-hydroxylation sites is 2. The molecule has 2 aromatic heterocycles. The minimum atomic E-state index is -0.512. The molecule has 0 amide bonds. The Morgan fingerprint density at radius 3 is 2.74 bits per heavy atom. The average Bonchev–Trinajstić information content (AvgIpc) is 3.08. The lowest BCUT2D eigenvalue weighted by Gasteiger charge is -2.10. The highest BCUT2D eigenvalue weighted by molar-refractivity contribution is 6.31. The molecule has 0 saturated carbocycles. The molecule has 2 aromatic carbocycles. The number of imidazole rings is 1. The first-order chi connectivity index (χ1) is 13.0. The summed E-state index contributed by atoms with van der Waals surface area (Å²) in [5, 5.41) is 15.3. The summed E-state index contributed by atoms with van der Waals surface area (Å²) in [5.74, 6) is 0.201. The maximum atomic E-state index is 11.8. The second-order valence-electron chi connectivity index (χ2n) is 5.84. The van der Waals surface area contributed by atoms with Gasteiger partial charge in [-0.1, -0.05) is 29.8 Å². The zero-order valence-electron chi connectivity index (χ0n) is 14.1. The van der Waals surface area contributed by atoms with E-state index in [0.717, 1.165) is 5.56 Å². The van der Waals surface area contributed by atoms with Crippen molar-refractivity contribution in [3.63, 3.8) is 0 Å². The Morgan fingerprint density at radius 2 is 1.96 bits per heavy atom. The lowest BCUT2D eigenvalue weighted by Crippen LogP contribution is -2.07. The van der Waals surface area contributed by atoms with Crippen LogP contribution in [0.15, 0.2) is 55.1 Å². The highest BCUT2D eigenvalue weighted by Gasteiger charge is 2.25. The van der Waals surface area contributed by atoms with Gasteiger partial charge in [-0.3, -0.25) is 14.7 Å². The van der Waals surface area contributed by atoms with E-state index in [2.05, 4.69) is 20.3 Å². The van der Waals surface area contributed by atoms with Gasteiger partial charge >= 0.3 is 5.69 Å². The van der Waals surface area contributed by atoms with Gasteiger partial charge in [0.05, 0.1) is 16.0 Å². The SMILES string of the molecule is Cc1ccc(Nc2ncnc(-n3cnc4ccccc43)c2[N+](=O)[O-])cc1Cl. The quantitative estimate of drug-likeness (QED) is 0.415. The van der Waals surface area contributed by atoms with Gasteiger partial charge in [-0.15, -0.1) is 0 Å². The zero-order chi connectivity index (χ0) is 19.0. The van der Waals surface area contributed by atoms with Crippen LogP contribution in [0.1, 0.15) is 5.56 Å². The summed E-state index contributed by atoms with van der Waals surface area (Å²) in [7, 11) is 0. The van der Waals surface area contributed by atoms with Gasteiger partial charge in [0.15, 0.2) is 0 Å². The maximum absolute atomic E-state index is 11.8. The van der Waals surface area contributed by atoms with Gasteiger partial charge in [0.2, 0.25) is 11.6 Å². The molecule has 0 atom stereocenters. The first-order valence-electron chi connectivity index (χ1n) is 7.99. The van der Waals surface area contributed by atoms with Gasteiger partial charge < -0.3 is 5.32 Å². The average molecular weight is 381 g/mol. The number of nitro groups is 1. The topological polar surface area (TPSA) is 98.8 Å². The van der Waals surface area contributed by atoms with Crippen LogP contribution in [0.25, 0.3) is 16.9 Å². The van der Waals surface area contributed by atoms with Crippen molar-refractivity contribution in [3.8, 4) is 5.82 Å². The third kappa shape index (κ3) is 3.06. The molecule has 134 valence electrons. The van der Waals surface area contributed by atoms with E-state index in [-0.39, 0.29) is 17.3 Å². The standard InChI is InChI=1S/C18H13ClN6O2/c1-11-6-7-12(8-13(11)19)23-17-16(25(26)27)18(21-9-20-17)24-10-22-14-4-2-3-5-15(14)24/h2-10H,1H3,(H,20,21,23). The molecule has 0 unspecified atom stereocenters. The molecule has 0 saturated heterocycles. The molecule has 0 aliphatic rings. The molecule has 4 aromatic rings. The molecule has 0 aliphatic carbocycles. The first-order valence-corrected chi connectivity index (χ1v) is 8.37. The van der Waals surface area contributed by atoms with Crippen LogP contribution in [-0.4, -0.2) is 24.4 Å². The van der Waals surface area contributed by atoms with E-state index in [1.54, 1.807) is 16.7 Å². The zero-order valence-corrected chi connectivity index (χ0v) is 14.9. The lowest BCUT2D eigenvalue weighted by molar-refractivity contribution is -0.384. The van der Waals surface area contributed by atoms with Gasteiger partial charge in [0, 0.05) is 10.7 Å². The molecule has 9 heteroatoms. The smallest absolute Gasteiger partial charge is 0.334 e. The molecule has 0 radical (unpaired) electrons. The number of rotatable bonds is 4. The summed E-state index contributed by atoms with van der Waals surface area (Å²) in [4.78, 5) is 23.8. The van der Waals surface area contributed by atoms with Gasteiger partial charge in [-0.05, 0) is 36.8 Å². The summed E-state index contributed by atoms with van der Waals surface area (Å²) in [5.41, 5.74) is 2.67. The van der Waals surface area contributed by atoms with Crippen LogP contribution in [0, 0.1) is 17.0 Å². The summed E-state index contributed by atoms with van der Waals surface area (Å²) >= 11 is 6.14. The van der Waals surface area contributed by atoms with Gasteiger partial charge in [0.1, 0.15) is 12.7 Å². The summed E-state index contributed by atoms with van der Waals surface area (Å²) in [6, 6.07) is 12.6. The van der Waals surface area contributed by atoms with Gasteiger partial charge in [-0.25, -0.2) is 15.0 Å². The Labute approximate surface area is 158 Å². The van der Waals surface area contributed by atoms with Crippen molar-refractivity contribution in [2.75, 3.05) is 5.32 Å². The van der Waals surface area contributed by atoms with Crippen molar-refractivity contribution in [2.45, 2.75) is 6.92 Å². The van der Waals surface area contributed by atoms with Gasteiger partial charge in [0.25, 0.3) is 0 Å². The predicted molar refractivity (Wildman–Crippen MR) is 103 cm³/mol. The molecule has 27 heavy (non-hydrogen) atoms. The van der Waals surface area contributed by atoms with E-state index in [4.69, 9.17) is 11.6 Å². The Balaban J connectivity index is 1.85. The largest absolute Gasteiger partial charge is 0.354 e. The fourth-order valence-corrected chi connectivity index (χ4v) is 2.92. The van der Waals surface area contributed by atoms with Crippen LogP contribution in [0.5, 0.6) is 0 Å². The number of halogens is 1. The van der Waals surface area contributed by atoms with Crippen LogP contribution in [0.4, 0.5) is 17.2 Å². The molecular weight excluding hydrogens is 368 g/mol. The Morgan fingerprint density at radius 1 is 1.15 bits per heavy atom. The fourth-order valence-electron chi connectivity index (χ4n) is 2.74. The molecule has 0 spiro atoms. The van der Waals surface area contributed by atoms with Crippen LogP contribution in [0.3, 0.4) is 0 Å². The summed E-state index contributed by atoms with van der Waals surface area (Å²) in [6.45, 7) is 1.88. The summed E-state index contributed by atoms with van der Waals surface area (Å²) in [6.07, 6.45) is 2.78. The number of fused-ring (bicyclic) bond motifs is 1. The Hall–Kier alpha value is -3.52. The number of benzene rings is 2. The van der Waals surface area contributed by atoms with Crippen molar-refractivity contribution in [2.24, 2.45) is 0 Å². The highest BCUT2D eigenvalue weighted by atomic mass is 35.5. The second-order valence-corrected chi connectivity index (χ2v) is 6.25. The minimum absolute atomic E-state index is 0.0719. The number of hydrogen-bond donors (Lipinski definition) is 1. The second kappa shape index (κ2) is 6.65. The molecule has 0 aliphatic heterocycles. The Bertz CT molecular complexity index is 1170. The number of hydrogen-bond acceptors (Lipinski definition) is 6. The summed E-state index contributed by atoms with van der Waals surface area (Å²) < 4.78 is 1.57. The first kappa shape index (κ1) is 16.9. The van der Waals surface area contributed by atoms with Crippen molar-refractivity contribution in [1.29, 1.82) is 0 Å². The van der Waals surface area contributed by atoms with Crippen LogP contribution in [-0.2, 0) is 0 Å². The predicted octanol–water partition coefficient (Wildman–Crippen LogP) is 4.43. The number of aromatic nitrogens is 4. The van der Waals surface area contributed by atoms with Gasteiger partial charge in [-0.2, -0.15) is 0 Å². The number of nitrogens with one attached hydrogen (secondary N) is 1. The van der Waals surface area contributed by atoms with E-state index >= 15 is 0 Å². The highest BCUT2D eigenvalue weighted by Crippen LogP contribution is 2.32. The lowest BCUT2D eigenvalue weighted by atomic mass is 10.2. The molecule has 1 N–H and O–H groups in total. The number of nitrogens with zero attached hydrogens (tertiary/aromatic N) is 5. The normalized spacial score (nSPS) is 10.9. The molecule has 8 nitrogen and oxygen atoms in total. The van der Waals surface area contributed by atoms with Crippen molar-refractivity contribution >= 4 is 39.8 Å². The third-order valence-corrected chi connectivity index (χ3v) is 4.51. The van der Waals surface area contributed by atoms with E-state index < -0.39 is 4.92 Å². The van der Waals surface area contributed by atoms with Crippen LogP contribution < -0.4 is 5.32 Å². The van der Waals surface area contributed by atoms with Crippen LogP contribution >= 0.6 is 11.6 Å². The van der Waals surface area contributed by atoms with Crippen LogP contribution in [0.2, 0.25) is 5.02 Å². The maximum Gasteiger partial charge on any atom is 0.354 e. The molecule has 0 fully saturated rings. The van der Waals surface area contributed by atoms with Crippen molar-refractivity contribution < 1.29 is 4.92 Å². The minimum Gasteiger partial charge on any atom is -0.334 e. The molecular formula is C18H13ClN6O2. The van der Waals surface area contributed by atoms with E-state index in [0.29, 0.717) is 21.7 Å². The molecule has 0 bridgehead atoms. The van der Waals surface area contributed by atoms with E-state index in [1.807, 2.05) is 37.3 Å². The molecule has 2 heterocycles. The fraction of sp³-hybridized carbons (Fsp3) is 0.0556. The third-order valence-electron chi connectivity index (χ3n) is 4.10.